The van der Waals surface area contributed by atoms with Gasteiger partial charge in [0.15, 0.2) is 0 Å². The molecule has 0 aromatic heterocycles. The molecule has 0 aliphatic carbocycles. The molecule has 2 amide bonds. The molecule has 2 aliphatic rings. The number of carbonyl (C=O) groups is 2. The number of ether oxygens (including phenoxy) is 3. The van der Waals surface area contributed by atoms with Crippen molar-refractivity contribution in [2.45, 2.75) is 44.5 Å². The van der Waals surface area contributed by atoms with Gasteiger partial charge in [0.25, 0.3) is 5.91 Å². The number of halogens is 3. The number of carbonyl (C=O) groups excluding carboxylic acids is 2. The fourth-order valence-electron chi connectivity index (χ4n) is 3.16. The normalized spacial score (nSPS) is 26.8. The van der Waals surface area contributed by atoms with Gasteiger partial charge in [-0.2, -0.15) is 0 Å². The van der Waals surface area contributed by atoms with Crippen LogP contribution in [0.4, 0.5) is 13.2 Å². The monoisotopic (exact) mass is 402 g/mol. The van der Waals surface area contributed by atoms with Crippen LogP contribution in [-0.4, -0.2) is 55.7 Å². The molecular formula is C18H21F3N2O5. The van der Waals surface area contributed by atoms with Crippen molar-refractivity contribution in [3.63, 3.8) is 0 Å². The van der Waals surface area contributed by atoms with E-state index in [1.807, 2.05) is 0 Å². The molecule has 1 aromatic rings. The van der Waals surface area contributed by atoms with Crippen LogP contribution in [0.2, 0.25) is 0 Å². The molecule has 3 rings (SSSR count). The minimum atomic E-state index is -4.79. The number of hydrogen-bond acceptors (Lipinski definition) is 5. The van der Waals surface area contributed by atoms with Gasteiger partial charge in [0, 0.05) is 11.5 Å². The van der Waals surface area contributed by atoms with E-state index in [0.29, 0.717) is 0 Å². The highest BCUT2D eigenvalue weighted by atomic mass is 19.4. The van der Waals surface area contributed by atoms with E-state index in [-0.39, 0.29) is 42.7 Å². The lowest BCUT2D eigenvalue weighted by atomic mass is 10.0. The topological polar surface area (TPSA) is 85.9 Å². The quantitative estimate of drug-likeness (QED) is 0.782. The summed E-state index contributed by atoms with van der Waals surface area (Å²) in [4.78, 5) is 24.3. The van der Waals surface area contributed by atoms with Crippen LogP contribution in [0.25, 0.3) is 0 Å². The third-order valence-corrected chi connectivity index (χ3v) is 4.57. The van der Waals surface area contributed by atoms with Crippen molar-refractivity contribution in [2.24, 2.45) is 5.92 Å². The summed E-state index contributed by atoms with van der Waals surface area (Å²) in [6, 6.07) is 3.90. The average Bonchev–Trinajstić information content (AvgIpc) is 3.18. The number of nitrogens with one attached hydrogen (secondary N) is 2. The van der Waals surface area contributed by atoms with Crippen molar-refractivity contribution >= 4 is 11.8 Å². The largest absolute Gasteiger partial charge is 0.573 e. The molecular weight excluding hydrogens is 381 g/mol. The number of benzene rings is 1. The molecule has 2 saturated heterocycles. The van der Waals surface area contributed by atoms with Gasteiger partial charge in [0.05, 0.1) is 25.3 Å². The van der Waals surface area contributed by atoms with Crippen LogP contribution in [0.1, 0.15) is 24.2 Å². The molecule has 2 heterocycles. The Morgan fingerprint density at radius 3 is 2.07 bits per heavy atom. The molecule has 10 heteroatoms. The average molecular weight is 402 g/mol. The van der Waals surface area contributed by atoms with Crippen molar-refractivity contribution in [2.75, 3.05) is 13.2 Å². The SMILES string of the molecule is CC(C)C(=O)NC1COC2C(NC(=O)c3ccc(OC(F)(F)F)cc3)COC12. The molecule has 1 aromatic carbocycles. The Labute approximate surface area is 159 Å². The lowest BCUT2D eigenvalue weighted by molar-refractivity contribution is -0.274. The Balaban J connectivity index is 1.56. The van der Waals surface area contributed by atoms with E-state index in [9.17, 15) is 22.8 Å². The Morgan fingerprint density at radius 2 is 1.57 bits per heavy atom. The van der Waals surface area contributed by atoms with Crippen LogP contribution in [0.15, 0.2) is 24.3 Å². The number of amides is 2. The van der Waals surface area contributed by atoms with Crippen LogP contribution in [0, 0.1) is 5.92 Å². The second kappa shape index (κ2) is 7.96. The van der Waals surface area contributed by atoms with Crippen molar-refractivity contribution < 1.29 is 37.0 Å². The number of rotatable bonds is 5. The molecule has 28 heavy (non-hydrogen) atoms. The summed E-state index contributed by atoms with van der Waals surface area (Å²) in [5.74, 6) is -1.14. The Kier molecular flexibility index (Phi) is 5.80. The molecule has 4 unspecified atom stereocenters. The van der Waals surface area contributed by atoms with E-state index < -0.39 is 30.2 Å². The van der Waals surface area contributed by atoms with E-state index in [1.54, 1.807) is 13.8 Å². The predicted molar refractivity (Wildman–Crippen MR) is 90.6 cm³/mol. The molecule has 0 bridgehead atoms. The highest BCUT2D eigenvalue weighted by molar-refractivity contribution is 5.94. The van der Waals surface area contributed by atoms with E-state index in [2.05, 4.69) is 15.4 Å². The van der Waals surface area contributed by atoms with E-state index in [4.69, 9.17) is 9.47 Å². The first-order chi connectivity index (χ1) is 13.1. The zero-order valence-electron chi connectivity index (χ0n) is 15.3. The third-order valence-electron chi connectivity index (χ3n) is 4.57. The minimum Gasteiger partial charge on any atom is -0.406 e. The molecule has 0 spiro atoms. The third kappa shape index (κ3) is 4.74. The second-order valence-electron chi connectivity index (χ2n) is 7.02. The fourth-order valence-corrected chi connectivity index (χ4v) is 3.16. The zero-order valence-corrected chi connectivity index (χ0v) is 15.3. The van der Waals surface area contributed by atoms with Gasteiger partial charge in [-0.1, -0.05) is 13.8 Å². The van der Waals surface area contributed by atoms with E-state index in [0.717, 1.165) is 12.1 Å². The Bertz CT molecular complexity index is 723. The van der Waals surface area contributed by atoms with Crippen LogP contribution in [0.5, 0.6) is 5.75 Å². The highest BCUT2D eigenvalue weighted by Gasteiger charge is 2.48. The van der Waals surface area contributed by atoms with Crippen LogP contribution >= 0.6 is 0 Å². The van der Waals surface area contributed by atoms with Gasteiger partial charge in [-0.15, -0.1) is 13.2 Å². The number of fused-ring (bicyclic) bond motifs is 1. The lowest BCUT2D eigenvalue weighted by Crippen LogP contribution is -2.47. The van der Waals surface area contributed by atoms with E-state index in [1.165, 1.54) is 12.1 Å². The lowest BCUT2D eigenvalue weighted by Gasteiger charge is -2.19. The van der Waals surface area contributed by atoms with Gasteiger partial charge in [0.2, 0.25) is 5.91 Å². The van der Waals surface area contributed by atoms with Gasteiger partial charge in [-0.3, -0.25) is 9.59 Å². The number of hydrogen-bond donors (Lipinski definition) is 2. The van der Waals surface area contributed by atoms with Gasteiger partial charge in [-0.05, 0) is 24.3 Å². The minimum absolute atomic E-state index is 0.105. The molecule has 154 valence electrons. The molecule has 0 radical (unpaired) electrons. The van der Waals surface area contributed by atoms with Crippen molar-refractivity contribution in [1.82, 2.24) is 10.6 Å². The van der Waals surface area contributed by atoms with Crippen molar-refractivity contribution in [1.29, 1.82) is 0 Å². The zero-order chi connectivity index (χ0) is 20.5. The number of alkyl halides is 3. The smallest absolute Gasteiger partial charge is 0.406 e. The predicted octanol–water partition coefficient (Wildman–Crippen LogP) is 1.62. The summed E-state index contributed by atoms with van der Waals surface area (Å²) in [7, 11) is 0. The molecule has 2 fully saturated rings. The molecule has 4 atom stereocenters. The Hall–Kier alpha value is -2.33. The summed E-state index contributed by atoms with van der Waals surface area (Å²) in [5.41, 5.74) is 0.181. The van der Waals surface area contributed by atoms with Crippen molar-refractivity contribution in [3.8, 4) is 5.75 Å². The maximum atomic E-state index is 12.4. The maximum absolute atomic E-state index is 12.4. The first-order valence-electron chi connectivity index (χ1n) is 8.84. The first-order valence-corrected chi connectivity index (χ1v) is 8.84. The van der Waals surface area contributed by atoms with Crippen molar-refractivity contribution in [3.05, 3.63) is 29.8 Å². The van der Waals surface area contributed by atoms with Gasteiger partial charge in [-0.25, -0.2) is 0 Å². The summed E-state index contributed by atoms with van der Waals surface area (Å²) < 4.78 is 51.8. The van der Waals surface area contributed by atoms with Gasteiger partial charge >= 0.3 is 6.36 Å². The van der Waals surface area contributed by atoms with Gasteiger partial charge < -0.3 is 24.8 Å². The summed E-state index contributed by atoms with van der Waals surface area (Å²) in [6.07, 6.45) is -5.56. The van der Waals surface area contributed by atoms with Crippen LogP contribution in [0.3, 0.4) is 0 Å². The molecule has 7 nitrogen and oxygen atoms in total. The van der Waals surface area contributed by atoms with Gasteiger partial charge in [0.1, 0.15) is 18.0 Å². The maximum Gasteiger partial charge on any atom is 0.573 e. The molecule has 2 N–H and O–H groups in total. The Morgan fingerprint density at radius 1 is 1.04 bits per heavy atom. The standard InChI is InChI=1S/C18H21F3N2O5/c1-9(2)16(24)22-12-7-26-15-13(8-27-14(12)15)23-17(25)10-3-5-11(6-4-10)28-18(19,20)21/h3-6,9,12-15H,7-8H2,1-2H3,(H,22,24)(H,23,25). The van der Waals surface area contributed by atoms with E-state index >= 15 is 0 Å². The summed E-state index contributed by atoms with van der Waals surface area (Å²) in [5, 5.41) is 5.64. The first kappa shape index (κ1) is 20.4. The second-order valence-corrected chi connectivity index (χ2v) is 7.02. The van der Waals surface area contributed by atoms with Crippen LogP contribution < -0.4 is 15.4 Å². The van der Waals surface area contributed by atoms with Crippen LogP contribution in [-0.2, 0) is 14.3 Å². The fraction of sp³-hybridized carbons (Fsp3) is 0.556. The summed E-state index contributed by atoms with van der Waals surface area (Å²) in [6.45, 7) is 4.06. The highest BCUT2D eigenvalue weighted by Crippen LogP contribution is 2.28. The molecule has 0 saturated carbocycles. The molecule has 2 aliphatic heterocycles. The summed E-state index contributed by atoms with van der Waals surface area (Å²) >= 11 is 0.